The average molecular weight is 282 g/mol. The second-order valence-corrected chi connectivity index (χ2v) is 4.99. The van der Waals surface area contributed by atoms with Crippen LogP contribution >= 0.6 is 0 Å². The number of hydrogen-bond acceptors (Lipinski definition) is 5. The molecule has 0 atom stereocenters. The first-order chi connectivity index (χ1) is 9.26. The molecule has 0 bridgehead atoms. The maximum atomic E-state index is 12.1. The first-order valence-corrected chi connectivity index (χ1v) is 6.15. The van der Waals surface area contributed by atoms with E-state index in [1.165, 1.54) is 18.2 Å². The van der Waals surface area contributed by atoms with Gasteiger partial charge in [0.25, 0.3) is 11.6 Å². The van der Waals surface area contributed by atoms with Crippen molar-refractivity contribution in [2.75, 3.05) is 6.61 Å². The molecule has 0 spiro atoms. The third-order valence-corrected chi connectivity index (χ3v) is 2.18. The summed E-state index contributed by atoms with van der Waals surface area (Å²) in [6.07, 6.45) is 0. The zero-order valence-corrected chi connectivity index (χ0v) is 11.9. The lowest BCUT2D eigenvalue weighted by atomic mass is 10.1. The number of hydrogen-bond donors (Lipinski definition) is 1. The predicted octanol–water partition coefficient (Wildman–Crippen LogP) is 2.45. The molecule has 20 heavy (non-hydrogen) atoms. The van der Waals surface area contributed by atoms with Crippen molar-refractivity contribution >= 4 is 11.6 Å². The van der Waals surface area contributed by atoms with Crippen molar-refractivity contribution in [1.82, 2.24) is 5.48 Å². The molecule has 1 rings (SSSR count). The molecule has 7 heteroatoms. The molecule has 1 amide bonds. The van der Waals surface area contributed by atoms with Gasteiger partial charge in [0, 0.05) is 6.07 Å². The first-order valence-electron chi connectivity index (χ1n) is 6.15. The fourth-order valence-electron chi connectivity index (χ4n) is 1.43. The first kappa shape index (κ1) is 15.9. The predicted molar refractivity (Wildman–Crippen MR) is 72.6 cm³/mol. The third-order valence-electron chi connectivity index (χ3n) is 2.18. The van der Waals surface area contributed by atoms with E-state index in [0.717, 1.165) is 0 Å². The zero-order chi connectivity index (χ0) is 15.3. The van der Waals surface area contributed by atoms with Crippen LogP contribution in [0.3, 0.4) is 0 Å². The molecule has 0 saturated heterocycles. The summed E-state index contributed by atoms with van der Waals surface area (Å²) in [7, 11) is 0. The Morgan fingerprint density at radius 1 is 1.40 bits per heavy atom. The van der Waals surface area contributed by atoms with E-state index < -0.39 is 16.4 Å². The van der Waals surface area contributed by atoms with Gasteiger partial charge in [-0.05, 0) is 33.8 Å². The fourth-order valence-corrected chi connectivity index (χ4v) is 1.43. The van der Waals surface area contributed by atoms with Crippen molar-refractivity contribution in [3.8, 4) is 5.75 Å². The second-order valence-electron chi connectivity index (χ2n) is 4.99. The molecule has 0 fully saturated rings. The smallest absolute Gasteiger partial charge is 0.286 e. The van der Waals surface area contributed by atoms with E-state index in [1.54, 1.807) is 27.7 Å². The summed E-state index contributed by atoms with van der Waals surface area (Å²) in [5.74, 6) is -0.563. The molecule has 1 N–H and O–H groups in total. The van der Waals surface area contributed by atoms with Crippen molar-refractivity contribution < 1.29 is 19.3 Å². The van der Waals surface area contributed by atoms with Crippen LogP contribution in [0.5, 0.6) is 5.75 Å². The molecular formula is C13H18N2O5. The lowest BCUT2D eigenvalue weighted by Gasteiger charge is -2.19. The normalized spacial score (nSPS) is 11.0. The lowest BCUT2D eigenvalue weighted by molar-refractivity contribution is -0.385. The van der Waals surface area contributed by atoms with Gasteiger partial charge >= 0.3 is 0 Å². The van der Waals surface area contributed by atoms with Crippen molar-refractivity contribution in [3.05, 3.63) is 33.9 Å². The van der Waals surface area contributed by atoms with Gasteiger partial charge in [0.15, 0.2) is 5.56 Å². The Morgan fingerprint density at radius 3 is 2.55 bits per heavy atom. The zero-order valence-electron chi connectivity index (χ0n) is 11.9. The van der Waals surface area contributed by atoms with Gasteiger partial charge < -0.3 is 4.74 Å². The summed E-state index contributed by atoms with van der Waals surface area (Å²) in [5.41, 5.74) is 1.13. The molecule has 0 unspecified atom stereocenters. The highest BCUT2D eigenvalue weighted by Gasteiger charge is 2.26. The molecule has 0 aromatic heterocycles. The summed E-state index contributed by atoms with van der Waals surface area (Å²) in [6, 6.07) is 4.21. The van der Waals surface area contributed by atoms with Crippen molar-refractivity contribution in [2.24, 2.45) is 0 Å². The summed E-state index contributed by atoms with van der Waals surface area (Å²) < 4.78 is 5.26. The molecule has 1 aromatic carbocycles. The van der Waals surface area contributed by atoms with E-state index in [9.17, 15) is 14.9 Å². The van der Waals surface area contributed by atoms with Crippen molar-refractivity contribution in [1.29, 1.82) is 0 Å². The number of nitrogens with zero attached hydrogens (tertiary/aromatic N) is 1. The van der Waals surface area contributed by atoms with Gasteiger partial charge in [0.1, 0.15) is 5.75 Å². The van der Waals surface area contributed by atoms with Crippen LogP contribution < -0.4 is 10.2 Å². The summed E-state index contributed by atoms with van der Waals surface area (Å²) in [4.78, 5) is 27.6. The Labute approximate surface area is 117 Å². The minimum absolute atomic E-state index is 0.149. The maximum Gasteiger partial charge on any atom is 0.286 e. The quantitative estimate of drug-likeness (QED) is 0.661. The lowest BCUT2D eigenvalue weighted by Crippen LogP contribution is -2.34. The number of ether oxygens (including phenoxy) is 1. The third kappa shape index (κ3) is 4.20. The van der Waals surface area contributed by atoms with E-state index in [-0.39, 0.29) is 17.0 Å². The molecule has 7 nitrogen and oxygen atoms in total. The summed E-state index contributed by atoms with van der Waals surface area (Å²) in [5, 5.41) is 11.0. The minimum Gasteiger partial charge on any atom is -0.493 e. The summed E-state index contributed by atoms with van der Waals surface area (Å²) >= 11 is 0. The van der Waals surface area contributed by atoms with E-state index in [1.807, 2.05) is 0 Å². The Morgan fingerprint density at radius 2 is 2.05 bits per heavy atom. The van der Waals surface area contributed by atoms with Gasteiger partial charge in [-0.15, -0.1) is 0 Å². The number of carbonyl (C=O) groups excluding carboxylic acids is 1. The SMILES string of the molecule is CCOc1cccc([N+](=O)[O-])c1C(=O)NOC(C)(C)C. The van der Waals surface area contributed by atoms with Crippen LogP contribution in [0.4, 0.5) is 5.69 Å². The standard InChI is InChI=1S/C13H18N2O5/c1-5-19-10-8-6-7-9(15(17)18)11(10)12(16)14-20-13(2,3)4/h6-8H,5H2,1-4H3,(H,14,16). The number of rotatable bonds is 5. The number of hydroxylamine groups is 1. The number of benzene rings is 1. The molecule has 1 aromatic rings. The van der Waals surface area contributed by atoms with Gasteiger partial charge in [0.05, 0.1) is 17.1 Å². The van der Waals surface area contributed by atoms with Crippen LogP contribution in [0.25, 0.3) is 0 Å². The van der Waals surface area contributed by atoms with Crippen LogP contribution in [0.15, 0.2) is 18.2 Å². The largest absolute Gasteiger partial charge is 0.493 e. The Bertz CT molecular complexity index is 508. The van der Waals surface area contributed by atoms with Crippen LogP contribution in [-0.2, 0) is 4.84 Å². The number of carbonyl (C=O) groups is 1. The molecule has 0 heterocycles. The van der Waals surface area contributed by atoms with Crippen molar-refractivity contribution in [3.63, 3.8) is 0 Å². The highest BCUT2D eigenvalue weighted by Crippen LogP contribution is 2.28. The molecular weight excluding hydrogens is 264 g/mol. The molecule has 0 aliphatic heterocycles. The van der Waals surface area contributed by atoms with E-state index in [0.29, 0.717) is 6.61 Å². The van der Waals surface area contributed by atoms with Crippen molar-refractivity contribution in [2.45, 2.75) is 33.3 Å². The maximum absolute atomic E-state index is 12.1. The van der Waals surface area contributed by atoms with Gasteiger partial charge in [-0.3, -0.25) is 19.7 Å². The van der Waals surface area contributed by atoms with E-state index >= 15 is 0 Å². The Balaban J connectivity index is 3.12. The molecule has 110 valence electrons. The molecule has 0 aliphatic rings. The molecule has 0 saturated carbocycles. The Hall–Kier alpha value is -2.15. The number of nitrogens with one attached hydrogen (secondary N) is 1. The minimum atomic E-state index is -0.712. The van der Waals surface area contributed by atoms with Gasteiger partial charge in [-0.1, -0.05) is 6.07 Å². The number of nitro groups is 1. The molecule has 0 aliphatic carbocycles. The fraction of sp³-hybridized carbons (Fsp3) is 0.462. The highest BCUT2D eigenvalue weighted by atomic mass is 16.7. The van der Waals surface area contributed by atoms with Crippen LogP contribution in [-0.4, -0.2) is 23.0 Å². The van der Waals surface area contributed by atoms with Gasteiger partial charge in [-0.2, -0.15) is 0 Å². The van der Waals surface area contributed by atoms with Crippen LogP contribution in [0.1, 0.15) is 38.1 Å². The Kier molecular flexibility index (Phi) is 5.04. The number of nitro benzene ring substituents is 1. The van der Waals surface area contributed by atoms with Gasteiger partial charge in [0.2, 0.25) is 0 Å². The summed E-state index contributed by atoms with van der Waals surface area (Å²) in [6.45, 7) is 7.26. The van der Waals surface area contributed by atoms with E-state index in [4.69, 9.17) is 9.57 Å². The average Bonchev–Trinajstić information content (AvgIpc) is 2.35. The van der Waals surface area contributed by atoms with Crippen LogP contribution in [0, 0.1) is 10.1 Å². The monoisotopic (exact) mass is 282 g/mol. The van der Waals surface area contributed by atoms with Gasteiger partial charge in [-0.25, -0.2) is 5.48 Å². The topological polar surface area (TPSA) is 90.7 Å². The highest BCUT2D eigenvalue weighted by molar-refractivity contribution is 6.00. The molecule has 0 radical (unpaired) electrons. The van der Waals surface area contributed by atoms with E-state index in [2.05, 4.69) is 5.48 Å². The second kappa shape index (κ2) is 6.33. The van der Waals surface area contributed by atoms with Crippen LogP contribution in [0.2, 0.25) is 0 Å². The number of amides is 1.